The van der Waals surface area contributed by atoms with Crippen molar-refractivity contribution in [3.63, 3.8) is 0 Å². The molecule has 6 nitrogen and oxygen atoms in total. The normalized spacial score (nSPS) is 23.6. The van der Waals surface area contributed by atoms with Crippen LogP contribution >= 0.6 is 0 Å². The third-order valence-corrected chi connectivity index (χ3v) is 7.00. The summed E-state index contributed by atoms with van der Waals surface area (Å²) in [5.74, 6) is 0.213. The van der Waals surface area contributed by atoms with E-state index in [9.17, 15) is 13.2 Å². The number of amides is 1. The number of benzene rings is 1. The molecule has 1 fully saturated rings. The van der Waals surface area contributed by atoms with Crippen molar-refractivity contribution in [2.75, 3.05) is 35.7 Å². The van der Waals surface area contributed by atoms with Gasteiger partial charge in [0.1, 0.15) is 6.04 Å². The molecule has 2 aliphatic rings. The fraction of sp³-hybridized carbons (Fsp3) is 0.588. The van der Waals surface area contributed by atoms with Crippen LogP contribution in [-0.2, 0) is 21.1 Å². The number of nitrogen functional groups attached to an aromatic ring is 1. The molecule has 1 aromatic rings. The highest BCUT2D eigenvalue weighted by molar-refractivity contribution is 7.91. The van der Waals surface area contributed by atoms with Gasteiger partial charge in [-0.05, 0) is 43.9 Å². The van der Waals surface area contributed by atoms with Gasteiger partial charge in [0.05, 0.1) is 11.5 Å². The van der Waals surface area contributed by atoms with Crippen molar-refractivity contribution in [3.05, 3.63) is 23.8 Å². The van der Waals surface area contributed by atoms with Crippen LogP contribution in [0.5, 0.6) is 0 Å². The van der Waals surface area contributed by atoms with Crippen molar-refractivity contribution < 1.29 is 13.2 Å². The number of carbonyl (C=O) groups is 1. The molecule has 2 atom stereocenters. The van der Waals surface area contributed by atoms with Gasteiger partial charge in [0.25, 0.3) is 0 Å². The molecule has 2 aliphatic heterocycles. The van der Waals surface area contributed by atoms with Gasteiger partial charge in [-0.25, -0.2) is 8.42 Å². The second-order valence-corrected chi connectivity index (χ2v) is 9.05. The zero-order valence-electron chi connectivity index (χ0n) is 14.2. The highest BCUT2D eigenvalue weighted by Crippen LogP contribution is 2.33. The first-order valence-electron chi connectivity index (χ1n) is 8.41. The van der Waals surface area contributed by atoms with Crippen LogP contribution in [-0.4, -0.2) is 56.4 Å². The summed E-state index contributed by atoms with van der Waals surface area (Å²) in [5.41, 5.74) is 8.98. The maximum absolute atomic E-state index is 12.9. The van der Waals surface area contributed by atoms with E-state index in [0.29, 0.717) is 6.42 Å². The van der Waals surface area contributed by atoms with Gasteiger partial charge in [0, 0.05) is 31.0 Å². The van der Waals surface area contributed by atoms with Crippen molar-refractivity contribution in [1.82, 2.24) is 4.90 Å². The minimum Gasteiger partial charge on any atom is -0.398 e. The van der Waals surface area contributed by atoms with Crippen LogP contribution in [0.15, 0.2) is 18.2 Å². The lowest BCUT2D eigenvalue weighted by molar-refractivity contribution is -0.132. The van der Waals surface area contributed by atoms with Gasteiger partial charge in [-0.1, -0.05) is 6.07 Å². The summed E-state index contributed by atoms with van der Waals surface area (Å²) >= 11 is 0. The van der Waals surface area contributed by atoms with E-state index in [2.05, 4.69) is 4.90 Å². The van der Waals surface area contributed by atoms with Crippen molar-refractivity contribution >= 4 is 27.1 Å². The number of hydrogen-bond donors (Lipinski definition) is 1. The van der Waals surface area contributed by atoms with Crippen LogP contribution in [0.4, 0.5) is 11.4 Å². The van der Waals surface area contributed by atoms with E-state index in [4.69, 9.17) is 5.73 Å². The Kier molecular flexibility index (Phi) is 4.46. The molecule has 2 unspecified atom stereocenters. The summed E-state index contributed by atoms with van der Waals surface area (Å²) in [7, 11) is -1.29. The van der Waals surface area contributed by atoms with Gasteiger partial charge in [-0.2, -0.15) is 0 Å². The molecule has 1 saturated heterocycles. The monoisotopic (exact) mass is 351 g/mol. The largest absolute Gasteiger partial charge is 0.398 e. The van der Waals surface area contributed by atoms with Gasteiger partial charge >= 0.3 is 0 Å². The number of rotatable bonds is 3. The van der Waals surface area contributed by atoms with Crippen LogP contribution < -0.4 is 10.6 Å². The third kappa shape index (κ3) is 3.09. The summed E-state index contributed by atoms with van der Waals surface area (Å²) in [5, 5.41) is 0. The number of likely N-dealkylation sites (N-methyl/N-ethyl adjacent to an activating group) is 1. The van der Waals surface area contributed by atoms with E-state index < -0.39 is 9.84 Å². The standard InChI is InChI=1S/C17H25N3O3S/c1-12(17(21)19(2)13-8-10-24(22,23)11-13)20-9-4-5-14-15(18)6-3-7-16(14)20/h3,6-7,12-13H,4-5,8-11,18H2,1-2H3. The minimum absolute atomic E-state index is 0.0348. The average molecular weight is 351 g/mol. The second-order valence-electron chi connectivity index (χ2n) is 6.82. The zero-order valence-corrected chi connectivity index (χ0v) is 15.1. The Balaban J connectivity index is 1.79. The van der Waals surface area contributed by atoms with Crippen molar-refractivity contribution in [2.45, 2.75) is 38.3 Å². The van der Waals surface area contributed by atoms with Crippen LogP contribution in [0.25, 0.3) is 0 Å². The Bertz CT molecular complexity index is 747. The third-order valence-electron chi connectivity index (χ3n) is 5.25. The molecule has 0 aliphatic carbocycles. The molecule has 0 radical (unpaired) electrons. The number of anilines is 2. The Morgan fingerprint density at radius 1 is 1.42 bits per heavy atom. The number of nitrogens with two attached hydrogens (primary N) is 1. The molecule has 0 spiro atoms. The summed E-state index contributed by atoms with van der Waals surface area (Å²) in [6.45, 7) is 2.70. The predicted molar refractivity (Wildman–Crippen MR) is 95.8 cm³/mol. The first-order valence-corrected chi connectivity index (χ1v) is 10.2. The molecule has 0 saturated carbocycles. The number of fused-ring (bicyclic) bond motifs is 1. The summed E-state index contributed by atoms with van der Waals surface area (Å²) < 4.78 is 23.4. The molecule has 24 heavy (non-hydrogen) atoms. The molecule has 0 bridgehead atoms. The predicted octanol–water partition coefficient (Wildman–Crippen LogP) is 1.06. The minimum atomic E-state index is -3.00. The van der Waals surface area contributed by atoms with E-state index in [0.717, 1.165) is 36.3 Å². The second kappa shape index (κ2) is 6.27. The molecule has 2 N–H and O–H groups in total. The Morgan fingerprint density at radius 3 is 2.83 bits per heavy atom. The molecule has 3 rings (SSSR count). The number of carbonyl (C=O) groups excluding carboxylic acids is 1. The summed E-state index contributed by atoms with van der Waals surface area (Å²) in [4.78, 5) is 16.6. The first-order chi connectivity index (χ1) is 11.3. The van der Waals surface area contributed by atoms with E-state index in [1.165, 1.54) is 0 Å². The van der Waals surface area contributed by atoms with Crippen molar-refractivity contribution in [2.24, 2.45) is 0 Å². The maximum Gasteiger partial charge on any atom is 0.245 e. The maximum atomic E-state index is 12.9. The molecule has 2 heterocycles. The Labute approximate surface area is 143 Å². The van der Waals surface area contributed by atoms with E-state index in [-0.39, 0.29) is 29.5 Å². The first kappa shape index (κ1) is 17.1. The van der Waals surface area contributed by atoms with Gasteiger partial charge < -0.3 is 15.5 Å². The zero-order chi connectivity index (χ0) is 17.5. The lowest BCUT2D eigenvalue weighted by Crippen LogP contribution is -2.50. The fourth-order valence-electron chi connectivity index (χ4n) is 3.77. The molecular weight excluding hydrogens is 326 g/mol. The quantitative estimate of drug-likeness (QED) is 0.823. The van der Waals surface area contributed by atoms with E-state index in [1.54, 1.807) is 11.9 Å². The number of hydrogen-bond acceptors (Lipinski definition) is 5. The lowest BCUT2D eigenvalue weighted by atomic mass is 9.98. The highest BCUT2D eigenvalue weighted by Gasteiger charge is 2.36. The van der Waals surface area contributed by atoms with Crippen LogP contribution in [0, 0.1) is 0 Å². The van der Waals surface area contributed by atoms with Crippen molar-refractivity contribution in [3.8, 4) is 0 Å². The van der Waals surface area contributed by atoms with Crippen LogP contribution in [0.1, 0.15) is 25.3 Å². The Morgan fingerprint density at radius 2 is 2.17 bits per heavy atom. The summed E-state index contributed by atoms with van der Waals surface area (Å²) in [6.07, 6.45) is 2.41. The van der Waals surface area contributed by atoms with Gasteiger partial charge in [0.15, 0.2) is 9.84 Å². The lowest BCUT2D eigenvalue weighted by Gasteiger charge is -2.38. The molecule has 1 aromatic carbocycles. The van der Waals surface area contributed by atoms with Crippen molar-refractivity contribution in [1.29, 1.82) is 0 Å². The highest BCUT2D eigenvalue weighted by atomic mass is 32.2. The topological polar surface area (TPSA) is 83.7 Å². The number of sulfone groups is 1. The Hall–Kier alpha value is -1.76. The van der Waals surface area contributed by atoms with E-state index in [1.807, 2.05) is 25.1 Å². The SMILES string of the molecule is CC(C(=O)N(C)C1CCS(=O)(=O)C1)N1CCCc2c(N)cccc21. The fourth-order valence-corrected chi connectivity index (χ4v) is 5.55. The molecule has 132 valence electrons. The van der Waals surface area contributed by atoms with Gasteiger partial charge in [-0.3, -0.25) is 4.79 Å². The smallest absolute Gasteiger partial charge is 0.245 e. The molecule has 7 heteroatoms. The number of nitrogens with zero attached hydrogens (tertiary/aromatic N) is 2. The average Bonchev–Trinajstić information content (AvgIpc) is 2.93. The van der Waals surface area contributed by atoms with Gasteiger partial charge in [-0.15, -0.1) is 0 Å². The summed E-state index contributed by atoms with van der Waals surface area (Å²) in [6, 6.07) is 5.27. The van der Waals surface area contributed by atoms with Crippen LogP contribution in [0.3, 0.4) is 0 Å². The van der Waals surface area contributed by atoms with Crippen LogP contribution in [0.2, 0.25) is 0 Å². The van der Waals surface area contributed by atoms with Gasteiger partial charge in [0.2, 0.25) is 5.91 Å². The molecule has 0 aromatic heterocycles. The molecular formula is C17H25N3O3S. The van der Waals surface area contributed by atoms with E-state index >= 15 is 0 Å². The molecule has 1 amide bonds.